The van der Waals surface area contributed by atoms with E-state index in [-0.39, 0.29) is 5.91 Å². The summed E-state index contributed by atoms with van der Waals surface area (Å²) in [7, 11) is 0. The van der Waals surface area contributed by atoms with Gasteiger partial charge in [-0.05, 0) is 23.6 Å². The Bertz CT molecular complexity index is 666. The summed E-state index contributed by atoms with van der Waals surface area (Å²) >= 11 is 1.59. The van der Waals surface area contributed by atoms with Crippen LogP contribution in [0.4, 0.5) is 5.82 Å². The van der Waals surface area contributed by atoms with Gasteiger partial charge < -0.3 is 15.0 Å². The predicted octanol–water partition coefficient (Wildman–Crippen LogP) is 1.70. The van der Waals surface area contributed by atoms with Crippen LogP contribution in [-0.4, -0.2) is 42.2 Å². The Kier molecular flexibility index (Phi) is 5.33. The Morgan fingerprint density at radius 2 is 2.26 bits per heavy atom. The van der Waals surface area contributed by atoms with Crippen molar-refractivity contribution in [3.05, 3.63) is 46.6 Å². The monoisotopic (exact) mass is 330 g/mol. The first-order valence-corrected chi connectivity index (χ1v) is 8.33. The topological polar surface area (TPSA) is 67.4 Å². The van der Waals surface area contributed by atoms with Crippen molar-refractivity contribution in [3.63, 3.8) is 0 Å². The quantitative estimate of drug-likeness (QED) is 0.845. The highest BCUT2D eigenvalue weighted by molar-refractivity contribution is 7.10. The summed E-state index contributed by atoms with van der Waals surface area (Å²) < 4.78 is 5.34. The van der Waals surface area contributed by atoms with Crippen LogP contribution < -0.4 is 10.2 Å². The number of anilines is 1. The Morgan fingerprint density at radius 3 is 3.04 bits per heavy atom. The number of amides is 1. The highest BCUT2D eigenvalue weighted by Crippen LogP contribution is 2.12. The number of hydrogen-bond acceptors (Lipinski definition) is 6. The van der Waals surface area contributed by atoms with Crippen LogP contribution in [0.5, 0.6) is 0 Å². The zero-order valence-electron chi connectivity index (χ0n) is 12.6. The van der Waals surface area contributed by atoms with Crippen molar-refractivity contribution >= 4 is 29.1 Å². The van der Waals surface area contributed by atoms with E-state index in [2.05, 4.69) is 20.2 Å². The van der Waals surface area contributed by atoms with Gasteiger partial charge in [-0.3, -0.25) is 4.79 Å². The van der Waals surface area contributed by atoms with E-state index in [1.165, 1.54) is 6.08 Å². The van der Waals surface area contributed by atoms with Gasteiger partial charge >= 0.3 is 0 Å². The summed E-state index contributed by atoms with van der Waals surface area (Å²) in [5.41, 5.74) is 0. The van der Waals surface area contributed by atoms with Gasteiger partial charge in [0.15, 0.2) is 0 Å². The standard InChI is InChI=1S/C16H18N4O2S/c21-16(4-3-13-2-1-11-23-13)18-12-14-17-6-5-15(19-14)20-7-9-22-10-8-20/h1-6,11H,7-10,12H2,(H,18,21)/b4-3+. The van der Waals surface area contributed by atoms with E-state index < -0.39 is 0 Å². The number of hydrogen-bond donors (Lipinski definition) is 1. The lowest BCUT2D eigenvalue weighted by Crippen LogP contribution is -2.37. The van der Waals surface area contributed by atoms with Gasteiger partial charge in [-0.15, -0.1) is 11.3 Å². The molecule has 3 rings (SSSR count). The Morgan fingerprint density at radius 1 is 1.39 bits per heavy atom. The van der Waals surface area contributed by atoms with Gasteiger partial charge in [-0.25, -0.2) is 9.97 Å². The van der Waals surface area contributed by atoms with Crippen molar-refractivity contribution in [2.75, 3.05) is 31.2 Å². The number of nitrogens with one attached hydrogen (secondary N) is 1. The fraction of sp³-hybridized carbons (Fsp3) is 0.312. The maximum Gasteiger partial charge on any atom is 0.244 e. The van der Waals surface area contributed by atoms with Gasteiger partial charge in [-0.2, -0.15) is 0 Å². The molecule has 0 atom stereocenters. The van der Waals surface area contributed by atoms with Gasteiger partial charge in [0.25, 0.3) is 0 Å². The molecule has 1 aliphatic heterocycles. The maximum absolute atomic E-state index is 11.8. The molecule has 0 radical (unpaired) electrons. The highest BCUT2D eigenvalue weighted by atomic mass is 32.1. The number of morpholine rings is 1. The van der Waals surface area contributed by atoms with Crippen molar-refractivity contribution in [1.29, 1.82) is 0 Å². The molecule has 1 aliphatic rings. The molecule has 1 amide bonds. The maximum atomic E-state index is 11.8. The molecule has 1 fully saturated rings. The third-order valence-electron chi connectivity index (χ3n) is 3.39. The van der Waals surface area contributed by atoms with E-state index in [0.717, 1.165) is 23.8 Å². The number of thiophene rings is 1. The van der Waals surface area contributed by atoms with Crippen molar-refractivity contribution in [2.24, 2.45) is 0 Å². The lowest BCUT2D eigenvalue weighted by molar-refractivity contribution is -0.116. The number of carbonyl (C=O) groups excluding carboxylic acids is 1. The molecule has 2 aromatic rings. The molecule has 1 N–H and O–H groups in total. The van der Waals surface area contributed by atoms with Crippen LogP contribution in [-0.2, 0) is 16.1 Å². The summed E-state index contributed by atoms with van der Waals surface area (Å²) in [5, 5.41) is 4.78. The first-order chi connectivity index (χ1) is 11.3. The van der Waals surface area contributed by atoms with E-state index in [1.54, 1.807) is 23.6 Å². The first kappa shape index (κ1) is 15.6. The molecule has 3 heterocycles. The molecule has 120 valence electrons. The third kappa shape index (κ3) is 4.61. The SMILES string of the molecule is O=C(/C=C/c1cccs1)NCc1nccc(N2CCOCC2)n1. The van der Waals surface area contributed by atoms with Crippen LogP contribution >= 0.6 is 11.3 Å². The largest absolute Gasteiger partial charge is 0.378 e. The van der Waals surface area contributed by atoms with Crippen LogP contribution in [0.2, 0.25) is 0 Å². The molecule has 0 bridgehead atoms. The normalized spacial score (nSPS) is 15.0. The minimum Gasteiger partial charge on any atom is -0.378 e. The molecule has 0 aromatic carbocycles. The number of carbonyl (C=O) groups is 1. The summed E-state index contributed by atoms with van der Waals surface area (Å²) in [6, 6.07) is 5.80. The molecule has 23 heavy (non-hydrogen) atoms. The number of nitrogens with zero attached hydrogens (tertiary/aromatic N) is 3. The molecular weight excluding hydrogens is 312 g/mol. The van der Waals surface area contributed by atoms with Crippen LogP contribution in [0.1, 0.15) is 10.7 Å². The molecule has 6 nitrogen and oxygen atoms in total. The Labute approximate surface area is 138 Å². The van der Waals surface area contributed by atoms with E-state index in [0.29, 0.717) is 25.6 Å². The number of aromatic nitrogens is 2. The predicted molar refractivity (Wildman–Crippen MR) is 90.3 cm³/mol. The van der Waals surface area contributed by atoms with E-state index in [9.17, 15) is 4.79 Å². The molecule has 2 aromatic heterocycles. The van der Waals surface area contributed by atoms with Crippen LogP contribution in [0.3, 0.4) is 0 Å². The summed E-state index contributed by atoms with van der Waals surface area (Å²) in [5.74, 6) is 1.33. The van der Waals surface area contributed by atoms with Crippen molar-refractivity contribution < 1.29 is 9.53 Å². The van der Waals surface area contributed by atoms with Gasteiger partial charge in [-0.1, -0.05) is 6.07 Å². The minimum absolute atomic E-state index is 0.154. The lowest BCUT2D eigenvalue weighted by atomic mass is 10.4. The number of rotatable bonds is 5. The smallest absolute Gasteiger partial charge is 0.244 e. The van der Waals surface area contributed by atoms with E-state index in [4.69, 9.17) is 4.74 Å². The summed E-state index contributed by atoms with van der Waals surface area (Å²) in [4.78, 5) is 23.7. The summed E-state index contributed by atoms with van der Waals surface area (Å²) in [6.45, 7) is 3.39. The minimum atomic E-state index is -0.154. The molecule has 7 heteroatoms. The second kappa shape index (κ2) is 7.85. The highest BCUT2D eigenvalue weighted by Gasteiger charge is 2.13. The van der Waals surface area contributed by atoms with Crippen LogP contribution in [0, 0.1) is 0 Å². The van der Waals surface area contributed by atoms with Crippen LogP contribution in [0.15, 0.2) is 35.9 Å². The molecular formula is C16H18N4O2S. The van der Waals surface area contributed by atoms with Gasteiger partial charge in [0, 0.05) is 30.2 Å². The second-order valence-corrected chi connectivity index (χ2v) is 5.98. The fourth-order valence-electron chi connectivity index (χ4n) is 2.21. The van der Waals surface area contributed by atoms with Crippen molar-refractivity contribution in [2.45, 2.75) is 6.54 Å². The fourth-order valence-corrected chi connectivity index (χ4v) is 2.83. The molecule has 0 unspecified atom stereocenters. The van der Waals surface area contributed by atoms with Gasteiger partial charge in [0.2, 0.25) is 5.91 Å². The zero-order chi connectivity index (χ0) is 15.9. The Balaban J connectivity index is 1.54. The Hall–Kier alpha value is -2.25. The molecule has 0 spiro atoms. The van der Waals surface area contributed by atoms with Gasteiger partial charge in [0.1, 0.15) is 11.6 Å². The molecule has 0 saturated carbocycles. The number of ether oxygens (including phenoxy) is 1. The second-order valence-electron chi connectivity index (χ2n) is 5.00. The van der Waals surface area contributed by atoms with Gasteiger partial charge in [0.05, 0.1) is 19.8 Å². The molecule has 0 aliphatic carbocycles. The average molecular weight is 330 g/mol. The van der Waals surface area contributed by atoms with E-state index in [1.807, 2.05) is 23.6 Å². The van der Waals surface area contributed by atoms with Crippen molar-refractivity contribution in [1.82, 2.24) is 15.3 Å². The third-order valence-corrected chi connectivity index (χ3v) is 4.23. The average Bonchev–Trinajstić information content (AvgIpc) is 3.13. The van der Waals surface area contributed by atoms with Crippen LogP contribution in [0.25, 0.3) is 6.08 Å². The lowest BCUT2D eigenvalue weighted by Gasteiger charge is -2.27. The zero-order valence-corrected chi connectivity index (χ0v) is 13.5. The first-order valence-electron chi connectivity index (χ1n) is 7.45. The summed E-state index contributed by atoms with van der Waals surface area (Å²) in [6.07, 6.45) is 5.05. The van der Waals surface area contributed by atoms with Crippen molar-refractivity contribution in [3.8, 4) is 0 Å². The van der Waals surface area contributed by atoms with E-state index >= 15 is 0 Å². The molecule has 1 saturated heterocycles.